The number of rotatable bonds is 3. The third kappa shape index (κ3) is 3.94. The van der Waals surface area contributed by atoms with Crippen LogP contribution in [0.25, 0.3) is 0 Å². The van der Waals surface area contributed by atoms with Crippen LogP contribution in [-0.4, -0.2) is 52.0 Å². The molecule has 0 saturated carbocycles. The van der Waals surface area contributed by atoms with Crippen molar-refractivity contribution in [3.05, 3.63) is 29.8 Å². The molecule has 1 heterocycles. The number of sulfone groups is 1. The van der Waals surface area contributed by atoms with E-state index in [0.29, 0.717) is 12.3 Å². The van der Waals surface area contributed by atoms with Gasteiger partial charge in [-0.25, -0.2) is 8.42 Å². The van der Waals surface area contributed by atoms with Crippen LogP contribution in [0.3, 0.4) is 0 Å². The molecule has 106 valence electrons. The van der Waals surface area contributed by atoms with E-state index in [-0.39, 0.29) is 5.75 Å². The summed E-state index contributed by atoms with van der Waals surface area (Å²) in [5, 5.41) is 0. The van der Waals surface area contributed by atoms with Crippen molar-refractivity contribution in [2.24, 2.45) is 0 Å². The van der Waals surface area contributed by atoms with E-state index in [1.165, 1.54) is 11.3 Å². The van der Waals surface area contributed by atoms with Crippen LogP contribution in [0, 0.1) is 0 Å². The Morgan fingerprint density at radius 2 is 1.89 bits per heavy atom. The maximum atomic E-state index is 11.6. The predicted octanol–water partition coefficient (Wildman–Crippen LogP) is 1.37. The molecule has 0 radical (unpaired) electrons. The van der Waals surface area contributed by atoms with Crippen LogP contribution in [0.4, 0.5) is 5.69 Å². The molecule has 1 saturated heterocycles. The Kier molecular flexibility index (Phi) is 4.47. The molecule has 0 amide bonds. The van der Waals surface area contributed by atoms with Crippen molar-refractivity contribution in [1.82, 2.24) is 4.90 Å². The van der Waals surface area contributed by atoms with E-state index in [2.05, 4.69) is 21.9 Å². The van der Waals surface area contributed by atoms with Crippen molar-refractivity contribution >= 4 is 15.5 Å². The van der Waals surface area contributed by atoms with E-state index < -0.39 is 9.84 Å². The molecule has 1 aromatic carbocycles. The zero-order valence-electron chi connectivity index (χ0n) is 11.7. The summed E-state index contributed by atoms with van der Waals surface area (Å²) in [6, 6.07) is 8.29. The molecule has 4 nitrogen and oxygen atoms in total. The zero-order valence-corrected chi connectivity index (χ0v) is 12.5. The van der Waals surface area contributed by atoms with Gasteiger partial charge in [-0.1, -0.05) is 18.2 Å². The van der Waals surface area contributed by atoms with Crippen molar-refractivity contribution in [3.8, 4) is 0 Å². The summed E-state index contributed by atoms with van der Waals surface area (Å²) in [7, 11) is 1.24. The lowest BCUT2D eigenvalue weighted by Crippen LogP contribution is -2.27. The van der Waals surface area contributed by atoms with Crippen molar-refractivity contribution in [3.63, 3.8) is 0 Å². The van der Waals surface area contributed by atoms with Crippen molar-refractivity contribution in [1.29, 1.82) is 0 Å². The number of hydrogen-bond donors (Lipinski definition) is 0. The van der Waals surface area contributed by atoms with E-state index in [1.807, 2.05) is 26.2 Å². The number of nitrogens with zero attached hydrogens (tertiary/aromatic N) is 2. The highest BCUT2D eigenvalue weighted by Gasteiger charge is 2.19. The molecule has 0 spiro atoms. The standard InChI is InChI=1S/C14H22N2O2S/c1-15(2)14-7-4-3-6-13(14)12-16-8-5-10-19(17,18)11-9-16/h3-4,6-7H,5,8-12H2,1-2H3. The molecule has 1 aliphatic rings. The largest absolute Gasteiger partial charge is 0.377 e. The molecule has 2 rings (SSSR count). The van der Waals surface area contributed by atoms with Crippen molar-refractivity contribution in [2.75, 3.05) is 43.6 Å². The van der Waals surface area contributed by atoms with Gasteiger partial charge in [0.05, 0.1) is 11.5 Å². The average molecular weight is 282 g/mol. The Labute approximate surface area is 115 Å². The van der Waals surface area contributed by atoms with Crippen LogP contribution < -0.4 is 4.90 Å². The second-order valence-corrected chi connectivity index (χ2v) is 7.61. The minimum atomic E-state index is -2.82. The molecule has 19 heavy (non-hydrogen) atoms. The van der Waals surface area contributed by atoms with Crippen LogP contribution in [-0.2, 0) is 16.4 Å². The molecule has 1 fully saturated rings. The van der Waals surface area contributed by atoms with Crippen LogP contribution in [0.1, 0.15) is 12.0 Å². The van der Waals surface area contributed by atoms with Gasteiger partial charge in [-0.3, -0.25) is 4.90 Å². The Bertz CT molecular complexity index is 526. The molecule has 0 N–H and O–H groups in total. The highest BCUT2D eigenvalue weighted by Crippen LogP contribution is 2.20. The van der Waals surface area contributed by atoms with E-state index in [0.717, 1.165) is 19.5 Å². The SMILES string of the molecule is CN(C)c1ccccc1CN1CCCS(=O)(=O)CC1. The van der Waals surface area contributed by atoms with Crippen molar-refractivity contribution in [2.45, 2.75) is 13.0 Å². The third-order valence-electron chi connectivity index (χ3n) is 3.52. The van der Waals surface area contributed by atoms with Gasteiger partial charge in [0.15, 0.2) is 9.84 Å². The maximum Gasteiger partial charge on any atom is 0.151 e. The van der Waals surface area contributed by atoms with Gasteiger partial charge < -0.3 is 4.90 Å². The Morgan fingerprint density at radius 3 is 2.63 bits per heavy atom. The first-order valence-electron chi connectivity index (χ1n) is 6.66. The Morgan fingerprint density at radius 1 is 1.16 bits per heavy atom. The van der Waals surface area contributed by atoms with E-state index in [4.69, 9.17) is 0 Å². The monoisotopic (exact) mass is 282 g/mol. The number of benzene rings is 1. The fourth-order valence-electron chi connectivity index (χ4n) is 2.47. The molecule has 0 bridgehead atoms. The van der Waals surface area contributed by atoms with Crippen LogP contribution >= 0.6 is 0 Å². The molecule has 0 unspecified atom stereocenters. The normalized spacial score (nSPS) is 19.9. The van der Waals surface area contributed by atoms with Gasteiger partial charge in [-0.15, -0.1) is 0 Å². The van der Waals surface area contributed by atoms with Gasteiger partial charge in [0.2, 0.25) is 0 Å². The molecule has 0 aromatic heterocycles. The summed E-state index contributed by atoms with van der Waals surface area (Å²) in [4.78, 5) is 4.34. The van der Waals surface area contributed by atoms with Gasteiger partial charge in [-0.05, 0) is 24.6 Å². The Hall–Kier alpha value is -1.07. The number of hydrogen-bond acceptors (Lipinski definition) is 4. The fourth-order valence-corrected chi connectivity index (χ4v) is 3.78. The zero-order chi connectivity index (χ0) is 13.9. The van der Waals surface area contributed by atoms with E-state index in [9.17, 15) is 8.42 Å². The molecule has 5 heteroatoms. The van der Waals surface area contributed by atoms with Gasteiger partial charge in [0.1, 0.15) is 0 Å². The smallest absolute Gasteiger partial charge is 0.151 e. The third-order valence-corrected chi connectivity index (χ3v) is 5.23. The highest BCUT2D eigenvalue weighted by atomic mass is 32.2. The van der Waals surface area contributed by atoms with Crippen LogP contribution in [0.5, 0.6) is 0 Å². The molecule has 1 aromatic rings. The van der Waals surface area contributed by atoms with E-state index in [1.54, 1.807) is 0 Å². The summed E-state index contributed by atoms with van der Waals surface area (Å²) in [6.45, 7) is 2.33. The summed E-state index contributed by atoms with van der Waals surface area (Å²) in [5.41, 5.74) is 2.46. The topological polar surface area (TPSA) is 40.6 Å². The highest BCUT2D eigenvalue weighted by molar-refractivity contribution is 7.91. The van der Waals surface area contributed by atoms with Crippen LogP contribution in [0.15, 0.2) is 24.3 Å². The number of para-hydroxylation sites is 1. The lowest BCUT2D eigenvalue weighted by atomic mass is 10.1. The van der Waals surface area contributed by atoms with Gasteiger partial charge in [0, 0.05) is 32.9 Å². The molecular formula is C14H22N2O2S. The molecular weight excluding hydrogens is 260 g/mol. The summed E-state index contributed by atoms with van der Waals surface area (Å²) in [6.07, 6.45) is 0.743. The fraction of sp³-hybridized carbons (Fsp3) is 0.571. The van der Waals surface area contributed by atoms with Gasteiger partial charge >= 0.3 is 0 Å². The first-order valence-corrected chi connectivity index (χ1v) is 8.48. The lowest BCUT2D eigenvalue weighted by Gasteiger charge is -2.23. The quantitative estimate of drug-likeness (QED) is 0.839. The summed E-state index contributed by atoms with van der Waals surface area (Å²) >= 11 is 0. The molecule has 1 aliphatic heterocycles. The summed E-state index contributed by atoms with van der Waals surface area (Å²) in [5.74, 6) is 0.621. The first kappa shape index (κ1) is 14.3. The maximum absolute atomic E-state index is 11.6. The molecule has 0 aliphatic carbocycles. The average Bonchev–Trinajstić information content (AvgIpc) is 2.51. The minimum Gasteiger partial charge on any atom is -0.377 e. The van der Waals surface area contributed by atoms with E-state index >= 15 is 0 Å². The number of anilines is 1. The minimum absolute atomic E-state index is 0.289. The first-order chi connectivity index (χ1) is 8.98. The summed E-state index contributed by atoms with van der Waals surface area (Å²) < 4.78 is 23.2. The van der Waals surface area contributed by atoms with Crippen LogP contribution in [0.2, 0.25) is 0 Å². The lowest BCUT2D eigenvalue weighted by molar-refractivity contribution is 0.287. The van der Waals surface area contributed by atoms with Gasteiger partial charge in [-0.2, -0.15) is 0 Å². The predicted molar refractivity (Wildman–Crippen MR) is 79.3 cm³/mol. The Balaban J connectivity index is 2.09. The molecule has 0 atom stereocenters. The van der Waals surface area contributed by atoms with Crippen molar-refractivity contribution < 1.29 is 8.42 Å². The second kappa shape index (κ2) is 5.92. The second-order valence-electron chi connectivity index (χ2n) is 5.30. The van der Waals surface area contributed by atoms with Gasteiger partial charge in [0.25, 0.3) is 0 Å².